The number of aliphatic hydroxyl groups excluding tert-OH is 2. The van der Waals surface area contributed by atoms with Crippen molar-refractivity contribution in [2.75, 3.05) is 24.6 Å². The number of anilines is 1. The summed E-state index contributed by atoms with van der Waals surface area (Å²) < 4.78 is 0. The van der Waals surface area contributed by atoms with E-state index in [0.717, 1.165) is 31.6 Å². The van der Waals surface area contributed by atoms with Crippen molar-refractivity contribution in [3.05, 3.63) is 24.0 Å². The number of hydrogen-bond acceptors (Lipinski definition) is 4. The van der Waals surface area contributed by atoms with Crippen molar-refractivity contribution >= 4 is 5.69 Å². The number of nitrogens with zero attached hydrogens (tertiary/aromatic N) is 2. The molecule has 0 saturated carbocycles. The van der Waals surface area contributed by atoms with Crippen molar-refractivity contribution in [1.82, 2.24) is 4.98 Å². The van der Waals surface area contributed by atoms with Crippen LogP contribution in [0, 0.1) is 5.92 Å². The smallest absolute Gasteiger partial charge is 0.0931 e. The normalized spacial score (nSPS) is 21.8. The highest BCUT2D eigenvalue weighted by Crippen LogP contribution is 2.25. The Morgan fingerprint density at radius 3 is 2.94 bits per heavy atom. The molecule has 0 spiro atoms. The van der Waals surface area contributed by atoms with E-state index in [1.807, 2.05) is 18.3 Å². The fourth-order valence-electron chi connectivity index (χ4n) is 2.32. The molecule has 17 heavy (non-hydrogen) atoms. The molecule has 2 N–H and O–H groups in total. The summed E-state index contributed by atoms with van der Waals surface area (Å²) in [7, 11) is 0. The van der Waals surface area contributed by atoms with Gasteiger partial charge in [-0.25, -0.2) is 0 Å². The first-order valence-corrected chi connectivity index (χ1v) is 6.20. The number of aliphatic hydroxyl groups is 2. The lowest BCUT2D eigenvalue weighted by Gasteiger charge is -2.18. The molecule has 1 saturated heterocycles. The molecule has 4 heteroatoms. The monoisotopic (exact) mass is 236 g/mol. The molecule has 0 radical (unpaired) electrons. The van der Waals surface area contributed by atoms with Gasteiger partial charge in [0.1, 0.15) is 0 Å². The SMILES string of the molecule is CC(O)c1ccc(N2CCC(CCO)C2)cn1. The van der Waals surface area contributed by atoms with Crippen molar-refractivity contribution < 1.29 is 10.2 Å². The third kappa shape index (κ3) is 2.96. The van der Waals surface area contributed by atoms with E-state index < -0.39 is 6.10 Å². The highest BCUT2D eigenvalue weighted by atomic mass is 16.3. The van der Waals surface area contributed by atoms with E-state index in [9.17, 15) is 5.11 Å². The molecule has 0 amide bonds. The summed E-state index contributed by atoms with van der Waals surface area (Å²) >= 11 is 0. The molecule has 1 aromatic rings. The molecule has 0 aromatic carbocycles. The second kappa shape index (κ2) is 5.47. The Hall–Kier alpha value is -1.13. The van der Waals surface area contributed by atoms with Gasteiger partial charge in [0.25, 0.3) is 0 Å². The lowest BCUT2D eigenvalue weighted by atomic mass is 10.1. The van der Waals surface area contributed by atoms with Crippen molar-refractivity contribution in [1.29, 1.82) is 0 Å². The summed E-state index contributed by atoms with van der Waals surface area (Å²) in [5, 5.41) is 18.3. The Balaban J connectivity index is 1.99. The molecule has 0 bridgehead atoms. The summed E-state index contributed by atoms with van der Waals surface area (Å²) in [4.78, 5) is 6.54. The molecule has 2 heterocycles. The van der Waals surface area contributed by atoms with Crippen LogP contribution in [0.1, 0.15) is 31.6 Å². The first kappa shape index (κ1) is 12.3. The topological polar surface area (TPSA) is 56.6 Å². The van der Waals surface area contributed by atoms with Gasteiger partial charge in [-0.2, -0.15) is 0 Å². The number of hydrogen-bond donors (Lipinski definition) is 2. The van der Waals surface area contributed by atoms with Crippen LogP contribution in [-0.2, 0) is 0 Å². The van der Waals surface area contributed by atoms with Gasteiger partial charge >= 0.3 is 0 Å². The van der Waals surface area contributed by atoms with E-state index in [1.165, 1.54) is 0 Å². The maximum Gasteiger partial charge on any atom is 0.0931 e. The minimum absolute atomic E-state index is 0.276. The van der Waals surface area contributed by atoms with Gasteiger partial charge in [0.05, 0.1) is 23.7 Å². The fraction of sp³-hybridized carbons (Fsp3) is 0.615. The van der Waals surface area contributed by atoms with E-state index in [0.29, 0.717) is 11.6 Å². The van der Waals surface area contributed by atoms with Gasteiger partial charge in [-0.1, -0.05) is 0 Å². The molecule has 0 aliphatic carbocycles. The molecular formula is C13H20N2O2. The van der Waals surface area contributed by atoms with Crippen LogP contribution in [0.5, 0.6) is 0 Å². The van der Waals surface area contributed by atoms with E-state index in [-0.39, 0.29) is 6.61 Å². The van der Waals surface area contributed by atoms with E-state index >= 15 is 0 Å². The second-order valence-corrected chi connectivity index (χ2v) is 4.73. The predicted molar refractivity (Wildman–Crippen MR) is 66.9 cm³/mol. The van der Waals surface area contributed by atoms with Crippen LogP contribution in [0.4, 0.5) is 5.69 Å². The van der Waals surface area contributed by atoms with Crippen LogP contribution in [0.3, 0.4) is 0 Å². The molecule has 1 fully saturated rings. The van der Waals surface area contributed by atoms with E-state index in [1.54, 1.807) is 6.92 Å². The molecule has 2 unspecified atom stereocenters. The standard InChI is InChI=1S/C13H20N2O2/c1-10(17)13-3-2-12(8-14-13)15-6-4-11(9-15)5-7-16/h2-3,8,10-11,16-17H,4-7,9H2,1H3. The summed E-state index contributed by atoms with van der Waals surface area (Å²) in [5.41, 5.74) is 1.81. The Bertz CT molecular complexity index is 351. The quantitative estimate of drug-likeness (QED) is 0.828. The first-order valence-electron chi connectivity index (χ1n) is 6.20. The average molecular weight is 236 g/mol. The van der Waals surface area contributed by atoms with Gasteiger partial charge in [-0.3, -0.25) is 4.98 Å². The van der Waals surface area contributed by atoms with Crippen molar-refractivity contribution in [2.45, 2.75) is 25.9 Å². The summed E-state index contributed by atoms with van der Waals surface area (Å²) in [6, 6.07) is 3.88. The Morgan fingerprint density at radius 1 is 1.53 bits per heavy atom. The molecule has 1 aliphatic rings. The zero-order valence-electron chi connectivity index (χ0n) is 10.2. The van der Waals surface area contributed by atoms with Crippen molar-refractivity contribution in [2.24, 2.45) is 5.92 Å². The van der Waals surface area contributed by atoms with E-state index in [4.69, 9.17) is 5.11 Å². The maximum atomic E-state index is 9.39. The third-order valence-corrected chi connectivity index (χ3v) is 3.39. The third-order valence-electron chi connectivity index (χ3n) is 3.39. The molecule has 2 rings (SSSR count). The van der Waals surface area contributed by atoms with Crippen molar-refractivity contribution in [3.8, 4) is 0 Å². The molecule has 1 aliphatic heterocycles. The highest BCUT2D eigenvalue weighted by molar-refractivity contribution is 5.45. The lowest BCUT2D eigenvalue weighted by molar-refractivity contribution is 0.194. The molecule has 94 valence electrons. The van der Waals surface area contributed by atoms with Crippen LogP contribution in [0.15, 0.2) is 18.3 Å². The van der Waals surface area contributed by atoms with Gasteiger partial charge < -0.3 is 15.1 Å². The zero-order valence-corrected chi connectivity index (χ0v) is 10.2. The number of pyridine rings is 1. The zero-order chi connectivity index (χ0) is 12.3. The molecule has 1 aromatic heterocycles. The summed E-state index contributed by atoms with van der Waals surface area (Å²) in [6.45, 7) is 4.02. The number of aromatic nitrogens is 1. The Kier molecular flexibility index (Phi) is 3.97. The van der Waals surface area contributed by atoms with Crippen LogP contribution < -0.4 is 4.90 Å². The molecule has 4 nitrogen and oxygen atoms in total. The lowest BCUT2D eigenvalue weighted by Crippen LogP contribution is -2.20. The van der Waals surface area contributed by atoms with Crippen LogP contribution in [0.25, 0.3) is 0 Å². The Morgan fingerprint density at radius 2 is 2.35 bits per heavy atom. The summed E-state index contributed by atoms with van der Waals surface area (Å²) in [5.74, 6) is 0.594. The first-order chi connectivity index (χ1) is 8.20. The minimum Gasteiger partial charge on any atom is -0.396 e. The van der Waals surface area contributed by atoms with Crippen LogP contribution >= 0.6 is 0 Å². The van der Waals surface area contributed by atoms with Gasteiger partial charge in [-0.15, -0.1) is 0 Å². The van der Waals surface area contributed by atoms with Gasteiger partial charge in [0.2, 0.25) is 0 Å². The van der Waals surface area contributed by atoms with Crippen LogP contribution in [-0.4, -0.2) is 34.9 Å². The van der Waals surface area contributed by atoms with Crippen LogP contribution in [0.2, 0.25) is 0 Å². The second-order valence-electron chi connectivity index (χ2n) is 4.73. The summed E-state index contributed by atoms with van der Waals surface area (Å²) in [6.07, 6.45) is 3.34. The minimum atomic E-state index is -0.509. The van der Waals surface area contributed by atoms with Crippen molar-refractivity contribution in [3.63, 3.8) is 0 Å². The Labute approximate surface area is 102 Å². The molecular weight excluding hydrogens is 216 g/mol. The highest BCUT2D eigenvalue weighted by Gasteiger charge is 2.22. The van der Waals surface area contributed by atoms with Gasteiger partial charge in [-0.05, 0) is 37.8 Å². The average Bonchev–Trinajstić information content (AvgIpc) is 2.78. The molecule has 2 atom stereocenters. The van der Waals surface area contributed by atoms with Gasteiger partial charge in [0, 0.05) is 19.7 Å². The van der Waals surface area contributed by atoms with Gasteiger partial charge in [0.15, 0.2) is 0 Å². The predicted octanol–water partition coefficient (Wildman–Crippen LogP) is 1.34. The largest absolute Gasteiger partial charge is 0.396 e. The number of rotatable bonds is 4. The fourth-order valence-corrected chi connectivity index (χ4v) is 2.32. The maximum absolute atomic E-state index is 9.39. The van der Waals surface area contributed by atoms with E-state index in [2.05, 4.69) is 9.88 Å².